The summed E-state index contributed by atoms with van der Waals surface area (Å²) in [6.07, 6.45) is 0. The van der Waals surface area contributed by atoms with E-state index in [9.17, 15) is 0 Å². The lowest BCUT2D eigenvalue weighted by molar-refractivity contribution is 0.938. The van der Waals surface area contributed by atoms with Crippen LogP contribution in [-0.2, 0) is 6.54 Å². The van der Waals surface area contributed by atoms with E-state index >= 15 is 0 Å². The van der Waals surface area contributed by atoms with Gasteiger partial charge in [0.2, 0.25) is 0 Å². The van der Waals surface area contributed by atoms with Gasteiger partial charge in [0, 0.05) is 18.8 Å². The first-order valence-electron chi connectivity index (χ1n) is 6.24. The number of benzene rings is 1. The van der Waals surface area contributed by atoms with Gasteiger partial charge in [0.25, 0.3) is 0 Å². The summed E-state index contributed by atoms with van der Waals surface area (Å²) in [6.45, 7) is 5.57. The largest absolute Gasteiger partial charge is 0.327 e. The van der Waals surface area contributed by atoms with Gasteiger partial charge in [-0.05, 0) is 43.7 Å². The fraction of sp³-hybridized carbons (Fsp3) is 0.267. The predicted octanol–water partition coefficient (Wildman–Crippen LogP) is 3.01. The zero-order valence-corrected chi connectivity index (χ0v) is 10.9. The Morgan fingerprint density at radius 1 is 1.17 bits per heavy atom. The number of nitrogens with zero attached hydrogens (tertiary/aromatic N) is 2. The molecule has 0 amide bonds. The number of aryl methyl sites for hydroxylation is 1. The van der Waals surface area contributed by atoms with Gasteiger partial charge in [-0.25, -0.2) is 4.98 Å². The molecule has 0 bridgehead atoms. The van der Waals surface area contributed by atoms with Crippen LogP contribution in [0.1, 0.15) is 18.2 Å². The van der Waals surface area contributed by atoms with E-state index in [-0.39, 0.29) is 0 Å². The standard InChI is InChI=1S/C15H19N3/c1-3-18(14-8-4-6-12(2)10-14)15-9-5-7-13(11-16)17-15/h4-10H,3,11,16H2,1-2H3. The van der Waals surface area contributed by atoms with Crippen LogP contribution in [0.4, 0.5) is 11.5 Å². The molecule has 0 aliphatic rings. The van der Waals surface area contributed by atoms with Gasteiger partial charge >= 0.3 is 0 Å². The molecule has 18 heavy (non-hydrogen) atoms. The van der Waals surface area contributed by atoms with E-state index < -0.39 is 0 Å². The van der Waals surface area contributed by atoms with E-state index in [0.717, 1.165) is 18.1 Å². The Bertz CT molecular complexity index is 523. The SMILES string of the molecule is CCN(c1cccc(C)c1)c1cccc(CN)n1. The van der Waals surface area contributed by atoms with Crippen LogP contribution in [0.3, 0.4) is 0 Å². The smallest absolute Gasteiger partial charge is 0.133 e. The molecule has 1 aromatic carbocycles. The Balaban J connectivity index is 2.38. The maximum atomic E-state index is 5.64. The van der Waals surface area contributed by atoms with Gasteiger partial charge in [-0.3, -0.25) is 0 Å². The molecule has 2 rings (SSSR count). The topological polar surface area (TPSA) is 42.1 Å². The highest BCUT2D eigenvalue weighted by molar-refractivity contribution is 5.60. The zero-order chi connectivity index (χ0) is 13.0. The Morgan fingerprint density at radius 2 is 1.94 bits per heavy atom. The number of pyridine rings is 1. The van der Waals surface area contributed by atoms with E-state index in [0.29, 0.717) is 6.54 Å². The van der Waals surface area contributed by atoms with E-state index in [1.807, 2.05) is 18.2 Å². The van der Waals surface area contributed by atoms with Crippen LogP contribution in [0, 0.1) is 6.92 Å². The van der Waals surface area contributed by atoms with E-state index in [2.05, 4.69) is 48.0 Å². The normalized spacial score (nSPS) is 10.4. The molecule has 2 aromatic rings. The van der Waals surface area contributed by atoms with Crippen molar-refractivity contribution in [2.24, 2.45) is 5.73 Å². The number of nitrogens with two attached hydrogens (primary N) is 1. The second kappa shape index (κ2) is 5.65. The Labute approximate surface area is 108 Å². The number of hydrogen-bond acceptors (Lipinski definition) is 3. The van der Waals surface area contributed by atoms with Crippen LogP contribution in [-0.4, -0.2) is 11.5 Å². The van der Waals surface area contributed by atoms with Crippen LogP contribution < -0.4 is 10.6 Å². The van der Waals surface area contributed by atoms with Gasteiger partial charge in [0.05, 0.1) is 5.69 Å². The van der Waals surface area contributed by atoms with Crippen molar-refractivity contribution in [2.45, 2.75) is 20.4 Å². The minimum absolute atomic E-state index is 0.471. The van der Waals surface area contributed by atoms with Crippen molar-refractivity contribution in [1.29, 1.82) is 0 Å². The van der Waals surface area contributed by atoms with Crippen LogP contribution >= 0.6 is 0 Å². The summed E-state index contributed by atoms with van der Waals surface area (Å²) >= 11 is 0. The lowest BCUT2D eigenvalue weighted by atomic mass is 10.2. The van der Waals surface area contributed by atoms with Crippen molar-refractivity contribution in [1.82, 2.24) is 4.98 Å². The first-order valence-corrected chi connectivity index (χ1v) is 6.24. The maximum Gasteiger partial charge on any atom is 0.133 e. The van der Waals surface area contributed by atoms with E-state index in [4.69, 9.17) is 5.73 Å². The third kappa shape index (κ3) is 2.68. The second-order valence-electron chi connectivity index (χ2n) is 4.27. The summed E-state index contributed by atoms with van der Waals surface area (Å²) in [5, 5.41) is 0. The maximum absolute atomic E-state index is 5.64. The molecule has 1 heterocycles. The molecular weight excluding hydrogens is 222 g/mol. The predicted molar refractivity (Wildman–Crippen MR) is 76.0 cm³/mol. The zero-order valence-electron chi connectivity index (χ0n) is 10.9. The molecule has 3 nitrogen and oxygen atoms in total. The fourth-order valence-corrected chi connectivity index (χ4v) is 2.00. The van der Waals surface area contributed by atoms with Gasteiger partial charge in [0.1, 0.15) is 5.82 Å². The Kier molecular flexibility index (Phi) is 3.95. The van der Waals surface area contributed by atoms with Gasteiger partial charge in [-0.15, -0.1) is 0 Å². The molecule has 0 fully saturated rings. The molecule has 1 aromatic heterocycles. The van der Waals surface area contributed by atoms with E-state index in [1.165, 1.54) is 11.3 Å². The third-order valence-electron chi connectivity index (χ3n) is 2.91. The van der Waals surface area contributed by atoms with Crippen LogP contribution in [0.25, 0.3) is 0 Å². The lowest BCUT2D eigenvalue weighted by Crippen LogP contribution is -2.18. The molecule has 3 heteroatoms. The molecule has 0 unspecified atom stereocenters. The summed E-state index contributed by atoms with van der Waals surface area (Å²) < 4.78 is 0. The fourth-order valence-electron chi connectivity index (χ4n) is 2.00. The molecule has 2 N–H and O–H groups in total. The summed E-state index contributed by atoms with van der Waals surface area (Å²) in [5.74, 6) is 0.950. The van der Waals surface area contributed by atoms with Crippen molar-refractivity contribution >= 4 is 11.5 Å². The average molecular weight is 241 g/mol. The van der Waals surface area contributed by atoms with Gasteiger partial charge < -0.3 is 10.6 Å². The van der Waals surface area contributed by atoms with Gasteiger partial charge in [-0.1, -0.05) is 18.2 Å². The summed E-state index contributed by atoms with van der Waals surface area (Å²) in [5.41, 5.74) is 8.97. The molecule has 0 radical (unpaired) electrons. The first-order chi connectivity index (χ1) is 8.74. The highest BCUT2D eigenvalue weighted by Gasteiger charge is 2.08. The van der Waals surface area contributed by atoms with Crippen molar-refractivity contribution in [3.8, 4) is 0 Å². The van der Waals surface area contributed by atoms with Gasteiger partial charge in [0.15, 0.2) is 0 Å². The van der Waals surface area contributed by atoms with Crippen LogP contribution in [0.5, 0.6) is 0 Å². The van der Waals surface area contributed by atoms with E-state index in [1.54, 1.807) is 0 Å². The van der Waals surface area contributed by atoms with Crippen molar-refractivity contribution in [3.05, 3.63) is 53.7 Å². The van der Waals surface area contributed by atoms with Crippen molar-refractivity contribution < 1.29 is 0 Å². The second-order valence-corrected chi connectivity index (χ2v) is 4.27. The summed E-state index contributed by atoms with van der Waals surface area (Å²) in [7, 11) is 0. The first kappa shape index (κ1) is 12.6. The molecule has 0 spiro atoms. The Hall–Kier alpha value is -1.87. The summed E-state index contributed by atoms with van der Waals surface area (Å²) in [6, 6.07) is 14.4. The molecule has 0 atom stereocenters. The lowest BCUT2D eigenvalue weighted by Gasteiger charge is -2.23. The van der Waals surface area contributed by atoms with Crippen molar-refractivity contribution in [3.63, 3.8) is 0 Å². The third-order valence-corrected chi connectivity index (χ3v) is 2.91. The average Bonchev–Trinajstić information content (AvgIpc) is 2.40. The number of rotatable bonds is 4. The quantitative estimate of drug-likeness (QED) is 0.894. The minimum Gasteiger partial charge on any atom is -0.327 e. The highest BCUT2D eigenvalue weighted by Crippen LogP contribution is 2.24. The number of anilines is 2. The monoisotopic (exact) mass is 241 g/mol. The number of hydrogen-bond donors (Lipinski definition) is 1. The number of aromatic nitrogens is 1. The molecule has 0 aliphatic carbocycles. The van der Waals surface area contributed by atoms with Crippen LogP contribution in [0.2, 0.25) is 0 Å². The van der Waals surface area contributed by atoms with Crippen LogP contribution in [0.15, 0.2) is 42.5 Å². The molecule has 94 valence electrons. The molecule has 0 aliphatic heterocycles. The Morgan fingerprint density at radius 3 is 2.61 bits per heavy atom. The highest BCUT2D eigenvalue weighted by atomic mass is 15.2. The summed E-state index contributed by atoms with van der Waals surface area (Å²) in [4.78, 5) is 6.76. The molecular formula is C15H19N3. The van der Waals surface area contributed by atoms with Gasteiger partial charge in [-0.2, -0.15) is 0 Å². The molecule has 0 saturated heterocycles. The van der Waals surface area contributed by atoms with Crippen molar-refractivity contribution in [2.75, 3.05) is 11.4 Å². The molecule has 0 saturated carbocycles. The minimum atomic E-state index is 0.471.